The normalized spacial score (nSPS) is 21.4. The van der Waals surface area contributed by atoms with Crippen LogP contribution in [0.25, 0.3) is 0 Å². The lowest BCUT2D eigenvalue weighted by molar-refractivity contribution is -0.187. The van der Waals surface area contributed by atoms with Gasteiger partial charge in [0.1, 0.15) is 0 Å². The van der Waals surface area contributed by atoms with Crippen LogP contribution >= 0.6 is 0 Å². The van der Waals surface area contributed by atoms with Gasteiger partial charge in [-0.15, -0.1) is 0 Å². The van der Waals surface area contributed by atoms with Crippen LogP contribution in [0.15, 0.2) is 24.3 Å². The molecule has 0 N–H and O–H groups in total. The Bertz CT molecular complexity index is 484. The van der Waals surface area contributed by atoms with E-state index in [1.54, 1.807) is 0 Å². The highest BCUT2D eigenvalue weighted by atomic mass is 16.7. The van der Waals surface area contributed by atoms with Gasteiger partial charge >= 0.3 is 0 Å². The number of carbonyl (C=O) groups is 1. The van der Waals surface area contributed by atoms with Gasteiger partial charge in [0.05, 0.1) is 19.6 Å². The number of amides is 1. The number of carbonyl (C=O) groups excluding carboxylic acids is 1. The lowest BCUT2D eigenvalue weighted by atomic mass is 10.0. The van der Waals surface area contributed by atoms with Crippen LogP contribution in [0.3, 0.4) is 0 Å². The smallest absolute Gasteiger partial charge is 0.227 e. The molecule has 2 aliphatic heterocycles. The number of nitrogens with zero attached hydrogens (tertiary/aromatic N) is 1. The van der Waals surface area contributed by atoms with Crippen molar-refractivity contribution in [2.75, 3.05) is 26.3 Å². The summed E-state index contributed by atoms with van der Waals surface area (Å²) in [6.07, 6.45) is 2.06. The van der Waals surface area contributed by atoms with Crippen molar-refractivity contribution in [2.24, 2.45) is 0 Å². The third-order valence-electron chi connectivity index (χ3n) is 4.29. The van der Waals surface area contributed by atoms with Crippen molar-refractivity contribution >= 4 is 5.91 Å². The number of likely N-dealkylation sites (tertiary alicyclic amines) is 1. The molecule has 2 fully saturated rings. The van der Waals surface area contributed by atoms with Gasteiger partial charge in [0, 0.05) is 25.9 Å². The summed E-state index contributed by atoms with van der Waals surface area (Å²) in [5.41, 5.74) is 2.29. The second-order valence-corrected chi connectivity index (χ2v) is 5.59. The summed E-state index contributed by atoms with van der Waals surface area (Å²) in [6.45, 7) is 4.86. The summed E-state index contributed by atoms with van der Waals surface area (Å²) in [5, 5.41) is 0. The van der Waals surface area contributed by atoms with E-state index in [0.717, 1.165) is 31.5 Å². The van der Waals surface area contributed by atoms with E-state index in [0.29, 0.717) is 19.6 Å². The standard InChI is InChI=1S/C16H21NO3/c1-13-4-2-3-5-14(13)12-15(18)17-8-6-16(7-9-17)19-10-11-20-16/h2-5H,6-12H2,1H3. The van der Waals surface area contributed by atoms with Crippen molar-refractivity contribution in [1.82, 2.24) is 4.90 Å². The molecule has 2 saturated heterocycles. The monoisotopic (exact) mass is 275 g/mol. The highest BCUT2D eigenvalue weighted by molar-refractivity contribution is 5.79. The van der Waals surface area contributed by atoms with Crippen LogP contribution in [0.4, 0.5) is 0 Å². The molecule has 3 rings (SSSR count). The minimum atomic E-state index is -0.403. The number of hydrogen-bond acceptors (Lipinski definition) is 3. The molecule has 0 atom stereocenters. The first-order chi connectivity index (χ1) is 9.69. The van der Waals surface area contributed by atoms with Gasteiger partial charge in [0.25, 0.3) is 0 Å². The van der Waals surface area contributed by atoms with Gasteiger partial charge < -0.3 is 14.4 Å². The number of benzene rings is 1. The van der Waals surface area contributed by atoms with Gasteiger partial charge in [-0.25, -0.2) is 0 Å². The second kappa shape index (κ2) is 5.54. The Labute approximate surface area is 119 Å². The number of piperidine rings is 1. The number of aryl methyl sites for hydroxylation is 1. The van der Waals surface area contributed by atoms with E-state index >= 15 is 0 Å². The van der Waals surface area contributed by atoms with Crippen LogP contribution in [0.1, 0.15) is 24.0 Å². The fourth-order valence-corrected chi connectivity index (χ4v) is 2.97. The van der Waals surface area contributed by atoms with Crippen LogP contribution in [0.5, 0.6) is 0 Å². The van der Waals surface area contributed by atoms with Crippen molar-refractivity contribution in [3.05, 3.63) is 35.4 Å². The average molecular weight is 275 g/mol. The average Bonchev–Trinajstić information content (AvgIpc) is 2.90. The van der Waals surface area contributed by atoms with Gasteiger partial charge in [0.2, 0.25) is 5.91 Å². The van der Waals surface area contributed by atoms with E-state index in [-0.39, 0.29) is 5.91 Å². The molecule has 2 heterocycles. The fraction of sp³-hybridized carbons (Fsp3) is 0.562. The summed E-state index contributed by atoms with van der Waals surface area (Å²) in [7, 11) is 0. The molecule has 1 aromatic rings. The maximum Gasteiger partial charge on any atom is 0.227 e. The fourth-order valence-electron chi connectivity index (χ4n) is 2.97. The Morgan fingerprint density at radius 1 is 1.20 bits per heavy atom. The first kappa shape index (κ1) is 13.6. The number of ether oxygens (including phenoxy) is 2. The van der Waals surface area contributed by atoms with Crippen molar-refractivity contribution in [2.45, 2.75) is 32.0 Å². The van der Waals surface area contributed by atoms with Gasteiger partial charge in [-0.1, -0.05) is 24.3 Å². The zero-order valence-electron chi connectivity index (χ0n) is 11.9. The zero-order valence-corrected chi connectivity index (χ0v) is 11.9. The summed E-state index contributed by atoms with van der Waals surface area (Å²) >= 11 is 0. The molecule has 1 spiro atoms. The Balaban J connectivity index is 1.58. The molecule has 0 bridgehead atoms. The van der Waals surface area contributed by atoms with Gasteiger partial charge in [-0.2, -0.15) is 0 Å². The van der Waals surface area contributed by atoms with E-state index in [1.165, 1.54) is 5.56 Å². The SMILES string of the molecule is Cc1ccccc1CC(=O)N1CCC2(CC1)OCCO2. The topological polar surface area (TPSA) is 38.8 Å². The van der Waals surface area contributed by atoms with Crippen LogP contribution in [0, 0.1) is 6.92 Å². The van der Waals surface area contributed by atoms with Crippen LogP contribution in [0.2, 0.25) is 0 Å². The van der Waals surface area contributed by atoms with E-state index in [2.05, 4.69) is 0 Å². The van der Waals surface area contributed by atoms with Crippen LogP contribution in [-0.2, 0) is 20.7 Å². The molecule has 0 aromatic heterocycles. The largest absolute Gasteiger partial charge is 0.347 e. The van der Waals surface area contributed by atoms with E-state index < -0.39 is 5.79 Å². The first-order valence-corrected chi connectivity index (χ1v) is 7.29. The Hall–Kier alpha value is -1.39. The van der Waals surface area contributed by atoms with Crippen LogP contribution in [-0.4, -0.2) is 42.9 Å². The summed E-state index contributed by atoms with van der Waals surface area (Å²) in [5.74, 6) is -0.202. The zero-order chi connectivity index (χ0) is 14.0. The highest BCUT2D eigenvalue weighted by Gasteiger charge is 2.40. The molecular weight excluding hydrogens is 254 g/mol. The van der Waals surface area contributed by atoms with Gasteiger partial charge in [0.15, 0.2) is 5.79 Å². The molecule has 0 saturated carbocycles. The first-order valence-electron chi connectivity index (χ1n) is 7.29. The van der Waals surface area contributed by atoms with E-state index in [1.807, 2.05) is 36.1 Å². The Kier molecular flexibility index (Phi) is 3.76. The third kappa shape index (κ3) is 2.72. The lowest BCUT2D eigenvalue weighted by Gasteiger charge is -2.37. The minimum Gasteiger partial charge on any atom is -0.347 e. The molecular formula is C16H21NO3. The number of hydrogen-bond donors (Lipinski definition) is 0. The van der Waals surface area contributed by atoms with Crippen LogP contribution < -0.4 is 0 Å². The van der Waals surface area contributed by atoms with E-state index in [9.17, 15) is 4.79 Å². The second-order valence-electron chi connectivity index (χ2n) is 5.59. The van der Waals surface area contributed by atoms with Gasteiger partial charge in [-0.05, 0) is 18.1 Å². The van der Waals surface area contributed by atoms with Crippen molar-refractivity contribution in [1.29, 1.82) is 0 Å². The van der Waals surface area contributed by atoms with Crippen molar-refractivity contribution in [3.8, 4) is 0 Å². The summed E-state index contributed by atoms with van der Waals surface area (Å²) in [4.78, 5) is 14.3. The third-order valence-corrected chi connectivity index (χ3v) is 4.29. The Morgan fingerprint density at radius 2 is 1.85 bits per heavy atom. The highest BCUT2D eigenvalue weighted by Crippen LogP contribution is 2.31. The molecule has 1 aromatic carbocycles. The van der Waals surface area contributed by atoms with E-state index in [4.69, 9.17) is 9.47 Å². The molecule has 108 valence electrons. The maximum atomic E-state index is 12.4. The molecule has 2 aliphatic rings. The van der Waals surface area contributed by atoms with Crippen molar-refractivity contribution in [3.63, 3.8) is 0 Å². The number of rotatable bonds is 2. The molecule has 20 heavy (non-hydrogen) atoms. The van der Waals surface area contributed by atoms with Crippen molar-refractivity contribution < 1.29 is 14.3 Å². The molecule has 1 amide bonds. The molecule has 0 unspecified atom stereocenters. The quantitative estimate of drug-likeness (QED) is 0.827. The molecule has 4 heteroatoms. The predicted molar refractivity (Wildman–Crippen MR) is 75.3 cm³/mol. The molecule has 4 nitrogen and oxygen atoms in total. The summed E-state index contributed by atoms with van der Waals surface area (Å²) < 4.78 is 11.4. The van der Waals surface area contributed by atoms with Gasteiger partial charge in [-0.3, -0.25) is 4.79 Å². The lowest BCUT2D eigenvalue weighted by Crippen LogP contribution is -2.47. The minimum absolute atomic E-state index is 0.201. The summed E-state index contributed by atoms with van der Waals surface area (Å²) in [6, 6.07) is 8.07. The molecule has 0 radical (unpaired) electrons. The molecule has 0 aliphatic carbocycles. The predicted octanol–water partition coefficient (Wildman–Crippen LogP) is 1.90. The maximum absolute atomic E-state index is 12.4. The Morgan fingerprint density at radius 3 is 2.50 bits per heavy atom.